The average molecular weight is 412 g/mol. The van der Waals surface area contributed by atoms with Crippen LogP contribution >= 0.6 is 0 Å². The van der Waals surface area contributed by atoms with E-state index < -0.39 is 24.1 Å². The Morgan fingerprint density at radius 2 is 1.42 bits per heavy atom. The van der Waals surface area contributed by atoms with Crippen molar-refractivity contribution in [3.63, 3.8) is 0 Å². The molecule has 1 aliphatic carbocycles. The summed E-state index contributed by atoms with van der Waals surface area (Å²) in [5.74, 6) is -0.843. The molecule has 0 spiro atoms. The van der Waals surface area contributed by atoms with E-state index in [1.54, 1.807) is 0 Å². The van der Waals surface area contributed by atoms with Crippen LogP contribution in [0.5, 0.6) is 0 Å². The van der Waals surface area contributed by atoms with Crippen molar-refractivity contribution in [2.24, 2.45) is 0 Å². The van der Waals surface area contributed by atoms with Gasteiger partial charge >= 0.3 is 11.9 Å². The summed E-state index contributed by atoms with van der Waals surface area (Å²) in [6.45, 7) is 2.74. The van der Waals surface area contributed by atoms with Crippen molar-refractivity contribution in [3.05, 3.63) is 71.8 Å². The van der Waals surface area contributed by atoms with Gasteiger partial charge in [-0.3, -0.25) is 9.59 Å². The Kier molecular flexibility index (Phi) is 3.86. The predicted molar refractivity (Wildman–Crippen MR) is 117 cm³/mol. The van der Waals surface area contributed by atoms with Crippen LogP contribution in [0.1, 0.15) is 37.2 Å². The van der Waals surface area contributed by atoms with Crippen LogP contribution in [0.15, 0.2) is 60.7 Å². The topological polar surface area (TPSA) is 65.1 Å². The third-order valence-electron chi connectivity index (χ3n) is 6.31. The van der Waals surface area contributed by atoms with Crippen LogP contribution < -0.4 is 0 Å². The van der Waals surface area contributed by atoms with Crippen LogP contribution in [0.3, 0.4) is 0 Å². The summed E-state index contributed by atoms with van der Waals surface area (Å²) in [4.78, 5) is 23.9. The minimum atomic E-state index is -0.728. The van der Waals surface area contributed by atoms with E-state index in [1.807, 2.05) is 30.3 Å². The normalized spacial score (nSPS) is 23.9. The number of hydrogen-bond donors (Lipinski definition) is 0. The Balaban J connectivity index is 1.77. The lowest BCUT2D eigenvalue weighted by molar-refractivity contribution is -0.168. The zero-order chi connectivity index (χ0) is 21.3. The average Bonchev–Trinajstić information content (AvgIpc) is 3.55. The van der Waals surface area contributed by atoms with Gasteiger partial charge < -0.3 is 14.2 Å². The van der Waals surface area contributed by atoms with Crippen molar-refractivity contribution < 1.29 is 23.8 Å². The van der Waals surface area contributed by atoms with Crippen LogP contribution in [0.2, 0.25) is 0 Å². The molecule has 1 fully saturated rings. The maximum Gasteiger partial charge on any atom is 0.303 e. The standard InChI is InChI=1S/C26H20O5/c1-13(27)29-23-21-18-10-6-5-9-17(18)19-12-11-15-7-3-4-8-16(15)20(19)22(21)24-26(31-24)25(23)30-14(2)28/h3-12,23-26H,1-2H3/t23-,24+,25+,26+/m0/s1. The second kappa shape index (κ2) is 6.53. The number of epoxide rings is 1. The summed E-state index contributed by atoms with van der Waals surface area (Å²) >= 11 is 0. The number of carbonyl (C=O) groups excluding carboxylic acids is 2. The first-order valence-electron chi connectivity index (χ1n) is 10.4. The minimum Gasteiger partial charge on any atom is -0.455 e. The lowest BCUT2D eigenvalue weighted by Crippen LogP contribution is -2.36. The van der Waals surface area contributed by atoms with Gasteiger partial charge in [-0.2, -0.15) is 0 Å². The van der Waals surface area contributed by atoms with Gasteiger partial charge in [-0.25, -0.2) is 0 Å². The molecule has 0 amide bonds. The van der Waals surface area contributed by atoms with Crippen LogP contribution in [0, 0.1) is 0 Å². The first kappa shape index (κ1) is 18.3. The zero-order valence-electron chi connectivity index (χ0n) is 17.1. The monoisotopic (exact) mass is 412 g/mol. The molecule has 5 nitrogen and oxygen atoms in total. The van der Waals surface area contributed by atoms with Crippen molar-refractivity contribution in [2.75, 3.05) is 0 Å². The molecule has 6 rings (SSSR count). The molecule has 4 atom stereocenters. The lowest BCUT2D eigenvalue weighted by atomic mass is 9.79. The Hall–Kier alpha value is -3.44. The van der Waals surface area contributed by atoms with Crippen LogP contribution in [-0.4, -0.2) is 24.1 Å². The molecular weight excluding hydrogens is 392 g/mol. The molecule has 154 valence electrons. The minimum absolute atomic E-state index is 0.205. The van der Waals surface area contributed by atoms with Gasteiger partial charge in [0.05, 0.1) is 0 Å². The molecule has 0 bridgehead atoms. The van der Waals surface area contributed by atoms with Gasteiger partial charge in [0, 0.05) is 19.4 Å². The number of carbonyl (C=O) groups is 2. The number of fused-ring (bicyclic) bond motifs is 10. The van der Waals surface area contributed by atoms with Crippen molar-refractivity contribution >= 4 is 44.3 Å². The predicted octanol–water partition coefficient (Wildman–Crippen LogP) is 5.14. The van der Waals surface area contributed by atoms with Crippen molar-refractivity contribution in [2.45, 2.75) is 38.3 Å². The Labute approximate surface area is 178 Å². The molecule has 4 aromatic carbocycles. The van der Waals surface area contributed by atoms with Gasteiger partial charge in [0.15, 0.2) is 12.2 Å². The molecule has 1 heterocycles. The fourth-order valence-corrected chi connectivity index (χ4v) is 5.19. The molecular formula is C26H20O5. The van der Waals surface area contributed by atoms with Crippen molar-refractivity contribution in [1.82, 2.24) is 0 Å². The molecule has 0 radical (unpaired) electrons. The Morgan fingerprint density at radius 1 is 0.742 bits per heavy atom. The molecule has 0 unspecified atom stereocenters. The highest BCUT2D eigenvalue weighted by Crippen LogP contribution is 2.57. The van der Waals surface area contributed by atoms with Gasteiger partial charge in [-0.15, -0.1) is 0 Å². The van der Waals surface area contributed by atoms with Crippen LogP contribution in [0.25, 0.3) is 32.3 Å². The molecule has 31 heavy (non-hydrogen) atoms. The summed E-state index contributed by atoms with van der Waals surface area (Å²) in [5.41, 5.74) is 1.91. The first-order chi connectivity index (χ1) is 15.0. The largest absolute Gasteiger partial charge is 0.455 e. The Morgan fingerprint density at radius 3 is 2.16 bits per heavy atom. The lowest BCUT2D eigenvalue weighted by Gasteiger charge is -2.32. The van der Waals surface area contributed by atoms with E-state index in [4.69, 9.17) is 14.2 Å². The summed E-state index contributed by atoms with van der Waals surface area (Å²) in [6, 6.07) is 20.6. The molecule has 2 aliphatic rings. The number of rotatable bonds is 2. The third kappa shape index (κ3) is 2.66. The van der Waals surface area contributed by atoms with Gasteiger partial charge in [0.1, 0.15) is 12.2 Å². The maximum absolute atomic E-state index is 12.1. The van der Waals surface area contributed by atoms with E-state index in [0.29, 0.717) is 0 Å². The van der Waals surface area contributed by atoms with Gasteiger partial charge in [-0.1, -0.05) is 60.7 Å². The van der Waals surface area contributed by atoms with E-state index in [-0.39, 0.29) is 12.2 Å². The molecule has 0 saturated carbocycles. The van der Waals surface area contributed by atoms with Gasteiger partial charge in [0.2, 0.25) is 0 Å². The van der Waals surface area contributed by atoms with Gasteiger partial charge in [-0.05, 0) is 37.9 Å². The summed E-state index contributed by atoms with van der Waals surface area (Å²) in [6.07, 6.45) is -1.93. The second-order valence-electron chi connectivity index (χ2n) is 8.21. The summed E-state index contributed by atoms with van der Waals surface area (Å²) in [7, 11) is 0. The third-order valence-corrected chi connectivity index (χ3v) is 6.31. The molecule has 1 saturated heterocycles. The fourth-order valence-electron chi connectivity index (χ4n) is 5.19. The molecule has 0 N–H and O–H groups in total. The van der Waals surface area contributed by atoms with Gasteiger partial charge in [0.25, 0.3) is 0 Å². The zero-order valence-corrected chi connectivity index (χ0v) is 17.1. The molecule has 5 heteroatoms. The first-order valence-corrected chi connectivity index (χ1v) is 10.4. The highest BCUT2D eigenvalue weighted by molar-refractivity contribution is 6.20. The quantitative estimate of drug-likeness (QED) is 0.259. The van der Waals surface area contributed by atoms with Crippen LogP contribution in [-0.2, 0) is 23.8 Å². The van der Waals surface area contributed by atoms with Crippen LogP contribution in [0.4, 0.5) is 0 Å². The molecule has 1 aliphatic heterocycles. The summed E-state index contributed by atoms with van der Waals surface area (Å²) < 4.78 is 17.5. The SMILES string of the molecule is CC(=O)O[C@H]1[C@@H]2O[C@@H]2c2c(c3ccccc3c3ccc4ccccc4c23)[C@@H]1OC(C)=O. The van der Waals surface area contributed by atoms with E-state index in [0.717, 1.165) is 43.4 Å². The van der Waals surface area contributed by atoms with E-state index >= 15 is 0 Å². The second-order valence-corrected chi connectivity index (χ2v) is 8.21. The molecule has 4 aromatic rings. The highest BCUT2D eigenvalue weighted by atomic mass is 16.6. The number of benzene rings is 4. The smallest absolute Gasteiger partial charge is 0.303 e. The number of hydrogen-bond acceptors (Lipinski definition) is 5. The van der Waals surface area contributed by atoms with Crippen molar-refractivity contribution in [1.29, 1.82) is 0 Å². The number of esters is 2. The van der Waals surface area contributed by atoms with E-state index in [1.165, 1.54) is 13.8 Å². The van der Waals surface area contributed by atoms with E-state index in [2.05, 4.69) is 30.3 Å². The Bertz CT molecular complexity index is 1410. The van der Waals surface area contributed by atoms with E-state index in [9.17, 15) is 9.59 Å². The molecule has 0 aromatic heterocycles. The number of ether oxygens (including phenoxy) is 3. The highest BCUT2D eigenvalue weighted by Gasteiger charge is 2.58. The maximum atomic E-state index is 12.1. The fraction of sp³-hybridized carbons (Fsp3) is 0.231. The van der Waals surface area contributed by atoms with Crippen molar-refractivity contribution in [3.8, 4) is 0 Å². The summed E-state index contributed by atoms with van der Waals surface area (Å²) in [5, 5.41) is 6.56.